The van der Waals surface area contributed by atoms with Crippen LogP contribution in [0.3, 0.4) is 0 Å². The molecule has 2 atom stereocenters. The number of amides is 2. The average Bonchev–Trinajstić information content (AvgIpc) is 3.35. The molecule has 3 heterocycles. The Labute approximate surface area is 246 Å². The number of nitrogens with zero attached hydrogens (tertiary/aromatic N) is 2. The predicted octanol–water partition coefficient (Wildman–Crippen LogP) is 7.27. The Kier molecular flexibility index (Phi) is 8.79. The van der Waals surface area contributed by atoms with Crippen LogP contribution in [0, 0.1) is 11.6 Å². The normalized spacial score (nSPS) is 15.4. The zero-order valence-corrected chi connectivity index (χ0v) is 23.6. The summed E-state index contributed by atoms with van der Waals surface area (Å²) in [5, 5.41) is 5.71. The predicted molar refractivity (Wildman–Crippen MR) is 157 cm³/mol. The highest BCUT2D eigenvalue weighted by atomic mass is 19.3. The lowest BCUT2D eigenvalue weighted by Crippen LogP contribution is -2.45. The maximum absolute atomic E-state index is 14.7. The molecule has 1 aliphatic heterocycles. The van der Waals surface area contributed by atoms with Crippen molar-refractivity contribution in [1.29, 1.82) is 0 Å². The largest absolute Gasteiger partial charge is 0.356 e. The fraction of sp³-hybridized carbons (Fsp3) is 0.281. The number of aromatic nitrogens is 2. The van der Waals surface area contributed by atoms with Gasteiger partial charge in [0.1, 0.15) is 17.5 Å². The molecule has 0 saturated carbocycles. The third kappa shape index (κ3) is 6.25. The highest BCUT2D eigenvalue weighted by Crippen LogP contribution is 2.40. The molecule has 224 valence electrons. The number of alkyl halides is 2. The number of pyridine rings is 1. The molecule has 0 bridgehead atoms. The number of anilines is 3. The summed E-state index contributed by atoms with van der Waals surface area (Å²) in [6.45, 7) is 4.43. The van der Waals surface area contributed by atoms with Crippen molar-refractivity contribution in [3.8, 4) is 11.3 Å². The molecule has 0 spiro atoms. The quantitative estimate of drug-likeness (QED) is 0.169. The first-order chi connectivity index (χ1) is 20.7. The van der Waals surface area contributed by atoms with Gasteiger partial charge in [0.2, 0.25) is 12.3 Å². The second-order valence-electron chi connectivity index (χ2n) is 10.3. The van der Waals surface area contributed by atoms with Crippen LogP contribution in [0.4, 0.5) is 34.8 Å². The first kappa shape index (κ1) is 29.8. The van der Waals surface area contributed by atoms with E-state index in [1.54, 1.807) is 35.2 Å². The molecule has 7 nitrogen and oxygen atoms in total. The van der Waals surface area contributed by atoms with Gasteiger partial charge in [-0.1, -0.05) is 31.2 Å². The van der Waals surface area contributed by atoms with Crippen LogP contribution in [0.1, 0.15) is 54.2 Å². The SMILES string of the molecule is CC[C@@H]1Cc2[nH]c(-c3ccnc(NC(=O)C(CC(F)F)c4ccc(F)cc4)c3)c(Nc3ccccc3F)c2C(=O)N1CC. The monoisotopic (exact) mass is 593 g/mol. The number of carbonyl (C=O) groups is 2. The lowest BCUT2D eigenvalue weighted by molar-refractivity contribution is -0.118. The number of carbonyl (C=O) groups excluding carboxylic acids is 2. The number of nitrogens with one attached hydrogen (secondary N) is 3. The van der Waals surface area contributed by atoms with Gasteiger partial charge in [-0.3, -0.25) is 9.59 Å². The van der Waals surface area contributed by atoms with Crippen LogP contribution in [0.2, 0.25) is 0 Å². The van der Waals surface area contributed by atoms with Crippen LogP contribution >= 0.6 is 0 Å². The zero-order chi connectivity index (χ0) is 30.7. The van der Waals surface area contributed by atoms with Crippen molar-refractivity contribution in [2.24, 2.45) is 0 Å². The summed E-state index contributed by atoms with van der Waals surface area (Å²) in [5.74, 6) is -3.13. The highest BCUT2D eigenvalue weighted by molar-refractivity contribution is 6.06. The second kappa shape index (κ2) is 12.7. The van der Waals surface area contributed by atoms with E-state index in [2.05, 4.69) is 20.6 Å². The van der Waals surface area contributed by atoms with E-state index < -0.39 is 36.3 Å². The van der Waals surface area contributed by atoms with Crippen molar-refractivity contribution in [2.75, 3.05) is 17.2 Å². The minimum Gasteiger partial charge on any atom is -0.356 e. The van der Waals surface area contributed by atoms with Crippen molar-refractivity contribution in [1.82, 2.24) is 14.9 Å². The molecule has 5 rings (SSSR count). The molecule has 2 aromatic heterocycles. The molecule has 0 saturated heterocycles. The Morgan fingerprint density at radius 3 is 2.51 bits per heavy atom. The van der Waals surface area contributed by atoms with Crippen LogP contribution in [-0.4, -0.2) is 45.7 Å². The third-order valence-corrected chi connectivity index (χ3v) is 7.68. The van der Waals surface area contributed by atoms with Crippen molar-refractivity contribution >= 4 is 29.0 Å². The number of rotatable bonds is 10. The summed E-state index contributed by atoms with van der Waals surface area (Å²) >= 11 is 0. The van der Waals surface area contributed by atoms with Crippen molar-refractivity contribution < 1.29 is 27.2 Å². The van der Waals surface area contributed by atoms with E-state index in [4.69, 9.17) is 0 Å². The van der Waals surface area contributed by atoms with Gasteiger partial charge in [0.15, 0.2) is 0 Å². The van der Waals surface area contributed by atoms with Gasteiger partial charge in [0.05, 0.1) is 28.6 Å². The van der Waals surface area contributed by atoms with Gasteiger partial charge < -0.3 is 20.5 Å². The number of hydrogen-bond donors (Lipinski definition) is 3. The summed E-state index contributed by atoms with van der Waals surface area (Å²) in [6.07, 6.45) is -0.773. The summed E-state index contributed by atoms with van der Waals surface area (Å²) in [6, 6.07) is 14.1. The molecule has 2 aromatic carbocycles. The molecule has 43 heavy (non-hydrogen) atoms. The molecule has 1 unspecified atom stereocenters. The van der Waals surface area contributed by atoms with Crippen LogP contribution in [0.15, 0.2) is 66.9 Å². The Balaban J connectivity index is 1.53. The number of aromatic amines is 1. The lowest BCUT2D eigenvalue weighted by atomic mass is 9.95. The summed E-state index contributed by atoms with van der Waals surface area (Å²) in [7, 11) is 0. The molecule has 11 heteroatoms. The van der Waals surface area contributed by atoms with E-state index in [0.29, 0.717) is 41.2 Å². The number of hydrogen-bond acceptors (Lipinski definition) is 4. The van der Waals surface area contributed by atoms with E-state index in [-0.39, 0.29) is 29.0 Å². The van der Waals surface area contributed by atoms with Crippen molar-refractivity contribution in [3.63, 3.8) is 0 Å². The van der Waals surface area contributed by atoms with Gasteiger partial charge in [-0.25, -0.2) is 22.5 Å². The van der Waals surface area contributed by atoms with Gasteiger partial charge in [-0.15, -0.1) is 0 Å². The van der Waals surface area contributed by atoms with Crippen LogP contribution in [-0.2, 0) is 11.2 Å². The zero-order valence-electron chi connectivity index (χ0n) is 23.6. The molecular formula is C32H31F4N5O2. The number of para-hydroxylation sites is 1. The van der Waals surface area contributed by atoms with Crippen molar-refractivity contribution in [3.05, 3.63) is 95.3 Å². The molecule has 1 aliphatic rings. The first-order valence-electron chi connectivity index (χ1n) is 14.1. The van der Waals surface area contributed by atoms with Crippen molar-refractivity contribution in [2.45, 2.75) is 51.5 Å². The standard InChI is InChI=1S/C32H31F4N5O2/c1-3-21-16-25-28(32(43)41(21)4-2)30(38-24-8-6-5-7-23(24)34)29(39-25)19-13-14-37-27(15-19)40-31(42)22(17-26(35)36)18-9-11-20(33)12-10-18/h5-15,21-22,26,38-39H,3-4,16-17H2,1-2H3,(H,37,40,42)/t21-,22?/m1/s1. The third-order valence-electron chi connectivity index (χ3n) is 7.68. The minimum atomic E-state index is -2.77. The fourth-order valence-corrected chi connectivity index (χ4v) is 5.54. The molecular weight excluding hydrogens is 562 g/mol. The molecule has 0 radical (unpaired) electrons. The number of H-pyrrole nitrogens is 1. The summed E-state index contributed by atoms with van der Waals surface area (Å²) in [4.78, 5) is 36.2. The number of likely N-dealkylation sites (N-methyl/N-ethyl adjacent to an activating group) is 1. The Bertz CT molecular complexity index is 1620. The Morgan fingerprint density at radius 2 is 1.84 bits per heavy atom. The first-order valence-corrected chi connectivity index (χ1v) is 14.1. The van der Waals surface area contributed by atoms with Crippen LogP contribution in [0.5, 0.6) is 0 Å². The van der Waals surface area contributed by atoms with Gasteiger partial charge >= 0.3 is 0 Å². The van der Waals surface area contributed by atoms with E-state index in [0.717, 1.165) is 18.6 Å². The molecule has 4 aromatic rings. The van der Waals surface area contributed by atoms with E-state index in [9.17, 15) is 27.2 Å². The second-order valence-corrected chi connectivity index (χ2v) is 10.3. The molecule has 3 N–H and O–H groups in total. The Hall–Kier alpha value is -4.67. The lowest BCUT2D eigenvalue weighted by Gasteiger charge is -2.34. The highest BCUT2D eigenvalue weighted by Gasteiger charge is 2.36. The smallest absolute Gasteiger partial charge is 0.258 e. The molecule has 2 amide bonds. The topological polar surface area (TPSA) is 90.1 Å². The van der Waals surface area contributed by atoms with Gasteiger partial charge in [0.25, 0.3) is 5.91 Å². The maximum atomic E-state index is 14.7. The molecule has 0 fully saturated rings. The maximum Gasteiger partial charge on any atom is 0.258 e. The molecule has 0 aliphatic carbocycles. The fourth-order valence-electron chi connectivity index (χ4n) is 5.54. The number of halogens is 4. The van der Waals surface area contributed by atoms with E-state index in [1.807, 2.05) is 13.8 Å². The van der Waals surface area contributed by atoms with E-state index in [1.165, 1.54) is 24.4 Å². The minimum absolute atomic E-state index is 0.0108. The summed E-state index contributed by atoms with van der Waals surface area (Å²) < 4.78 is 55.0. The Morgan fingerprint density at radius 1 is 1.09 bits per heavy atom. The van der Waals surface area contributed by atoms with Crippen LogP contribution < -0.4 is 10.6 Å². The van der Waals surface area contributed by atoms with E-state index >= 15 is 0 Å². The van der Waals surface area contributed by atoms with Gasteiger partial charge in [-0.05, 0) is 55.3 Å². The number of benzene rings is 2. The van der Waals surface area contributed by atoms with Gasteiger partial charge in [-0.2, -0.15) is 0 Å². The van der Waals surface area contributed by atoms with Crippen LogP contribution in [0.25, 0.3) is 11.3 Å². The average molecular weight is 594 g/mol. The van der Waals surface area contributed by atoms with Gasteiger partial charge in [0, 0.05) is 42.9 Å². The summed E-state index contributed by atoms with van der Waals surface area (Å²) in [5.41, 5.74) is 2.91. The number of fused-ring (bicyclic) bond motifs is 1.